The third-order valence-electron chi connectivity index (χ3n) is 2.99. The van der Waals surface area contributed by atoms with Gasteiger partial charge in [-0.3, -0.25) is 9.59 Å². The van der Waals surface area contributed by atoms with E-state index in [9.17, 15) is 14.7 Å². The van der Waals surface area contributed by atoms with Crippen LogP contribution in [-0.2, 0) is 15.0 Å². The fraction of sp³-hybridized carbons (Fsp3) is 0.333. The predicted octanol–water partition coefficient (Wildman–Crippen LogP) is 0.849. The minimum Gasteiger partial charge on any atom is -0.395 e. The lowest BCUT2D eigenvalue weighted by Crippen LogP contribution is -2.35. The molecule has 78 valence electrons. The number of aliphatic hydroxyl groups excluding tert-OH is 1. The van der Waals surface area contributed by atoms with E-state index in [0.29, 0.717) is 0 Å². The van der Waals surface area contributed by atoms with Gasteiger partial charge < -0.3 is 5.11 Å². The molecule has 1 aromatic carbocycles. The second kappa shape index (κ2) is 3.59. The van der Waals surface area contributed by atoms with E-state index in [1.54, 1.807) is 12.1 Å². The molecule has 1 atom stereocenters. The van der Waals surface area contributed by atoms with Crippen molar-refractivity contribution in [3.05, 3.63) is 35.9 Å². The van der Waals surface area contributed by atoms with Gasteiger partial charge in [0.1, 0.15) is 5.78 Å². The van der Waals surface area contributed by atoms with Crippen LogP contribution in [0.4, 0.5) is 0 Å². The van der Waals surface area contributed by atoms with Gasteiger partial charge in [-0.2, -0.15) is 0 Å². The summed E-state index contributed by atoms with van der Waals surface area (Å²) in [6.45, 7) is -0.290. The molecule has 0 heterocycles. The van der Waals surface area contributed by atoms with Gasteiger partial charge in [-0.25, -0.2) is 0 Å². The molecule has 1 fully saturated rings. The highest BCUT2D eigenvalue weighted by molar-refractivity contribution is 6.12. The van der Waals surface area contributed by atoms with Crippen LogP contribution in [0.15, 0.2) is 30.3 Å². The van der Waals surface area contributed by atoms with Crippen molar-refractivity contribution in [1.29, 1.82) is 0 Å². The first-order valence-corrected chi connectivity index (χ1v) is 4.90. The molecule has 1 aromatic rings. The van der Waals surface area contributed by atoms with E-state index < -0.39 is 5.41 Å². The van der Waals surface area contributed by atoms with Crippen LogP contribution in [0.5, 0.6) is 0 Å². The zero-order valence-corrected chi connectivity index (χ0v) is 8.27. The van der Waals surface area contributed by atoms with Crippen molar-refractivity contribution in [1.82, 2.24) is 0 Å². The Labute approximate surface area is 87.7 Å². The summed E-state index contributed by atoms with van der Waals surface area (Å²) in [7, 11) is 0. The Kier molecular flexibility index (Phi) is 2.40. The lowest BCUT2D eigenvalue weighted by Gasteiger charge is -2.24. The third-order valence-corrected chi connectivity index (χ3v) is 2.99. The van der Waals surface area contributed by atoms with Gasteiger partial charge >= 0.3 is 0 Å². The predicted molar refractivity (Wildman–Crippen MR) is 54.5 cm³/mol. The van der Waals surface area contributed by atoms with Crippen molar-refractivity contribution < 1.29 is 14.7 Å². The number of hydrogen-bond donors (Lipinski definition) is 1. The Morgan fingerprint density at radius 3 is 2.33 bits per heavy atom. The maximum Gasteiger partial charge on any atom is 0.153 e. The summed E-state index contributed by atoms with van der Waals surface area (Å²) in [5.74, 6) is -0.251. The van der Waals surface area contributed by atoms with Crippen molar-refractivity contribution >= 4 is 11.6 Å². The Hall–Kier alpha value is -1.48. The average Bonchev–Trinajstić information content (AvgIpc) is 2.56. The molecule has 0 radical (unpaired) electrons. The smallest absolute Gasteiger partial charge is 0.153 e. The number of ketones is 2. The van der Waals surface area contributed by atoms with Crippen LogP contribution in [0, 0.1) is 0 Å². The molecule has 0 bridgehead atoms. The zero-order chi connectivity index (χ0) is 10.9. The van der Waals surface area contributed by atoms with Gasteiger partial charge in [-0.15, -0.1) is 0 Å². The molecule has 2 rings (SSSR count). The van der Waals surface area contributed by atoms with Crippen LogP contribution in [0.2, 0.25) is 0 Å². The molecule has 1 N–H and O–H groups in total. The monoisotopic (exact) mass is 204 g/mol. The molecule has 3 heteroatoms. The SMILES string of the molecule is O=C1CC(=O)C(CO)(c2ccccc2)C1. The number of aliphatic hydroxyl groups is 1. The standard InChI is InChI=1S/C12H12O3/c13-8-12(7-10(14)6-11(12)15)9-4-2-1-3-5-9/h1-5,13H,6-8H2. The summed E-state index contributed by atoms with van der Waals surface area (Å²) in [6, 6.07) is 9.03. The van der Waals surface area contributed by atoms with E-state index in [-0.39, 0.29) is 31.0 Å². The molecule has 0 amide bonds. The van der Waals surface area contributed by atoms with Gasteiger partial charge in [0.05, 0.1) is 18.4 Å². The number of Topliss-reactive ketones (excluding diaryl/α,β-unsaturated/α-hetero) is 2. The summed E-state index contributed by atoms with van der Waals surface area (Å²) >= 11 is 0. The Balaban J connectivity index is 2.47. The minimum absolute atomic E-state index is 0.0462. The van der Waals surface area contributed by atoms with Gasteiger partial charge in [0.15, 0.2) is 5.78 Å². The second-order valence-electron chi connectivity index (χ2n) is 3.92. The highest BCUT2D eigenvalue weighted by Gasteiger charge is 2.46. The number of carbonyl (C=O) groups is 2. The fourth-order valence-electron chi connectivity index (χ4n) is 2.10. The van der Waals surface area contributed by atoms with E-state index in [1.807, 2.05) is 18.2 Å². The van der Waals surface area contributed by atoms with Gasteiger partial charge in [-0.1, -0.05) is 30.3 Å². The lowest BCUT2D eigenvalue weighted by molar-refractivity contribution is -0.124. The van der Waals surface area contributed by atoms with Gasteiger partial charge in [-0.05, 0) is 5.56 Å². The van der Waals surface area contributed by atoms with E-state index >= 15 is 0 Å². The van der Waals surface area contributed by atoms with Crippen LogP contribution in [0.3, 0.4) is 0 Å². The largest absolute Gasteiger partial charge is 0.395 e. The normalized spacial score (nSPS) is 25.9. The number of hydrogen-bond acceptors (Lipinski definition) is 3. The van der Waals surface area contributed by atoms with E-state index in [2.05, 4.69) is 0 Å². The summed E-state index contributed by atoms with van der Waals surface area (Å²) in [4.78, 5) is 23.0. The van der Waals surface area contributed by atoms with Crippen LogP contribution in [-0.4, -0.2) is 23.3 Å². The summed E-state index contributed by atoms with van der Waals surface area (Å²) < 4.78 is 0. The number of rotatable bonds is 2. The molecule has 0 saturated heterocycles. The molecule has 0 aliphatic heterocycles. The number of benzene rings is 1. The van der Waals surface area contributed by atoms with Crippen molar-refractivity contribution in [2.75, 3.05) is 6.61 Å². The maximum absolute atomic E-state index is 11.8. The fourth-order valence-corrected chi connectivity index (χ4v) is 2.10. The summed E-state index contributed by atoms with van der Waals surface area (Å²) in [5, 5.41) is 9.39. The zero-order valence-electron chi connectivity index (χ0n) is 8.27. The summed E-state index contributed by atoms with van der Waals surface area (Å²) in [6.07, 6.45) is 0.0851. The molecule has 15 heavy (non-hydrogen) atoms. The molecule has 3 nitrogen and oxygen atoms in total. The van der Waals surface area contributed by atoms with Crippen molar-refractivity contribution in [2.24, 2.45) is 0 Å². The Morgan fingerprint density at radius 1 is 1.20 bits per heavy atom. The molecule has 0 aromatic heterocycles. The molecule has 1 aliphatic carbocycles. The highest BCUT2D eigenvalue weighted by atomic mass is 16.3. The molecule has 0 spiro atoms. The third kappa shape index (κ3) is 1.49. The first-order valence-electron chi connectivity index (χ1n) is 4.90. The summed E-state index contributed by atoms with van der Waals surface area (Å²) in [5.41, 5.74) is -0.235. The lowest BCUT2D eigenvalue weighted by atomic mass is 9.79. The molecule has 1 aliphatic rings. The Morgan fingerprint density at radius 2 is 1.87 bits per heavy atom. The van der Waals surface area contributed by atoms with Gasteiger partial charge in [0, 0.05) is 6.42 Å². The van der Waals surface area contributed by atoms with Crippen molar-refractivity contribution in [3.63, 3.8) is 0 Å². The second-order valence-corrected chi connectivity index (χ2v) is 3.92. The van der Waals surface area contributed by atoms with E-state index in [4.69, 9.17) is 0 Å². The number of carbonyl (C=O) groups excluding carboxylic acids is 2. The first kappa shape index (κ1) is 10.1. The van der Waals surface area contributed by atoms with Crippen molar-refractivity contribution in [3.8, 4) is 0 Å². The Bertz CT molecular complexity index is 397. The van der Waals surface area contributed by atoms with Crippen molar-refractivity contribution in [2.45, 2.75) is 18.3 Å². The van der Waals surface area contributed by atoms with Crippen LogP contribution in [0.25, 0.3) is 0 Å². The van der Waals surface area contributed by atoms with E-state index in [0.717, 1.165) is 5.56 Å². The first-order chi connectivity index (χ1) is 7.19. The molecular formula is C12H12O3. The topological polar surface area (TPSA) is 54.4 Å². The quantitative estimate of drug-likeness (QED) is 0.726. The van der Waals surface area contributed by atoms with Gasteiger partial charge in [0.25, 0.3) is 0 Å². The molecule has 1 saturated carbocycles. The van der Waals surface area contributed by atoms with Crippen LogP contribution >= 0.6 is 0 Å². The van der Waals surface area contributed by atoms with Crippen LogP contribution in [0.1, 0.15) is 18.4 Å². The van der Waals surface area contributed by atoms with Crippen LogP contribution < -0.4 is 0 Å². The molecular weight excluding hydrogens is 192 g/mol. The minimum atomic E-state index is -0.974. The van der Waals surface area contributed by atoms with Gasteiger partial charge in [0.2, 0.25) is 0 Å². The maximum atomic E-state index is 11.8. The molecule has 1 unspecified atom stereocenters. The highest BCUT2D eigenvalue weighted by Crippen LogP contribution is 2.35. The average molecular weight is 204 g/mol. The van der Waals surface area contributed by atoms with E-state index in [1.165, 1.54) is 0 Å².